The normalized spacial score (nSPS) is 10.6. The van der Waals surface area contributed by atoms with E-state index in [0.29, 0.717) is 4.47 Å². The molecule has 0 aliphatic rings. The van der Waals surface area contributed by atoms with Gasteiger partial charge in [-0.1, -0.05) is 15.9 Å². The minimum Gasteiger partial charge on any atom is -0.507 e. The lowest BCUT2D eigenvalue weighted by Crippen LogP contribution is -2.17. The number of hydrazone groups is 1. The number of carbonyl (C=O) groups is 1. The summed E-state index contributed by atoms with van der Waals surface area (Å²) in [6.07, 6.45) is 1.02. The molecular weight excluding hydrogens is 400 g/mol. The van der Waals surface area contributed by atoms with Crippen LogP contribution in [-0.2, 0) is 0 Å². The summed E-state index contributed by atoms with van der Waals surface area (Å²) in [5, 5.41) is 34.8. The van der Waals surface area contributed by atoms with Gasteiger partial charge in [0.1, 0.15) is 5.75 Å². The van der Waals surface area contributed by atoms with Crippen molar-refractivity contribution in [3.05, 3.63) is 72.2 Å². The molecule has 0 aromatic heterocycles. The Bertz CT molecular complexity index is 867. The molecule has 2 N–H and O–H groups in total. The highest BCUT2D eigenvalue weighted by Gasteiger charge is 2.16. The van der Waals surface area contributed by atoms with Crippen molar-refractivity contribution in [3.63, 3.8) is 0 Å². The van der Waals surface area contributed by atoms with Gasteiger partial charge in [0.15, 0.2) is 0 Å². The number of nitro groups is 2. The van der Waals surface area contributed by atoms with E-state index in [4.69, 9.17) is 0 Å². The summed E-state index contributed by atoms with van der Waals surface area (Å²) in [7, 11) is 0. The number of halogens is 1. The summed E-state index contributed by atoms with van der Waals surface area (Å²) in [5.74, 6) is -0.989. The largest absolute Gasteiger partial charge is 0.507 e. The molecule has 0 saturated heterocycles. The molecule has 0 aliphatic heterocycles. The van der Waals surface area contributed by atoms with Crippen molar-refractivity contribution in [2.45, 2.75) is 0 Å². The van der Waals surface area contributed by atoms with Crippen molar-refractivity contribution in [2.75, 3.05) is 0 Å². The molecule has 0 aliphatic carbocycles. The number of rotatable bonds is 5. The second-order valence-corrected chi connectivity index (χ2v) is 5.57. The molecule has 2 rings (SSSR count). The summed E-state index contributed by atoms with van der Waals surface area (Å²) < 4.78 is 0.564. The molecule has 0 unspecified atom stereocenters. The molecular formula is C14H9BrN4O6. The van der Waals surface area contributed by atoms with Crippen LogP contribution >= 0.6 is 15.9 Å². The first-order valence-electron chi connectivity index (χ1n) is 6.53. The standard InChI is InChI=1S/C14H9BrN4O6/c15-9-1-2-13(20)12(5-9)14(21)17-16-7-8-3-10(18(22)23)6-11(4-8)19(24)25/h1-7,20H,(H,17,21)/b16-7-. The minimum atomic E-state index is -0.775. The first-order valence-corrected chi connectivity index (χ1v) is 7.33. The van der Waals surface area contributed by atoms with Crippen molar-refractivity contribution < 1.29 is 19.7 Å². The Labute approximate surface area is 148 Å². The smallest absolute Gasteiger partial charge is 0.276 e. The van der Waals surface area contributed by atoms with Gasteiger partial charge >= 0.3 is 0 Å². The highest BCUT2D eigenvalue weighted by Crippen LogP contribution is 2.22. The van der Waals surface area contributed by atoms with E-state index in [9.17, 15) is 30.1 Å². The van der Waals surface area contributed by atoms with Crippen molar-refractivity contribution in [2.24, 2.45) is 5.10 Å². The first-order chi connectivity index (χ1) is 11.8. The molecule has 1 amide bonds. The number of hydrogen-bond donors (Lipinski definition) is 2. The lowest BCUT2D eigenvalue weighted by atomic mass is 10.2. The summed E-state index contributed by atoms with van der Waals surface area (Å²) in [4.78, 5) is 32.0. The molecule has 10 nitrogen and oxygen atoms in total. The zero-order valence-electron chi connectivity index (χ0n) is 12.2. The quantitative estimate of drug-likeness (QED) is 0.441. The molecule has 0 bridgehead atoms. The van der Waals surface area contributed by atoms with Gasteiger partial charge in [0.25, 0.3) is 17.3 Å². The molecule has 25 heavy (non-hydrogen) atoms. The zero-order valence-corrected chi connectivity index (χ0v) is 13.8. The molecule has 0 radical (unpaired) electrons. The number of phenolic OH excluding ortho intramolecular Hbond substituents is 1. The van der Waals surface area contributed by atoms with Gasteiger partial charge in [-0.05, 0) is 18.2 Å². The van der Waals surface area contributed by atoms with Gasteiger partial charge in [-0.15, -0.1) is 0 Å². The van der Waals surface area contributed by atoms with Crippen LogP contribution < -0.4 is 5.43 Å². The average molecular weight is 409 g/mol. The molecule has 2 aromatic rings. The molecule has 0 atom stereocenters. The van der Waals surface area contributed by atoms with Crippen LogP contribution in [0.1, 0.15) is 15.9 Å². The molecule has 0 heterocycles. The topological polar surface area (TPSA) is 148 Å². The van der Waals surface area contributed by atoms with Gasteiger partial charge in [-0.3, -0.25) is 25.0 Å². The number of non-ortho nitro benzene ring substituents is 2. The summed E-state index contributed by atoms with van der Waals surface area (Å²) in [6.45, 7) is 0. The Kier molecular flexibility index (Phi) is 5.39. The van der Waals surface area contributed by atoms with E-state index in [1.54, 1.807) is 0 Å². The van der Waals surface area contributed by atoms with Crippen LogP contribution in [0.4, 0.5) is 11.4 Å². The van der Waals surface area contributed by atoms with Crippen LogP contribution in [0.25, 0.3) is 0 Å². The number of aromatic hydroxyl groups is 1. The third kappa shape index (κ3) is 4.57. The molecule has 128 valence electrons. The lowest BCUT2D eigenvalue weighted by Gasteiger charge is -2.03. The Hall–Kier alpha value is -3.34. The monoisotopic (exact) mass is 408 g/mol. The fourth-order valence-electron chi connectivity index (χ4n) is 1.82. The fraction of sp³-hybridized carbons (Fsp3) is 0. The average Bonchev–Trinajstić information content (AvgIpc) is 2.56. The van der Waals surface area contributed by atoms with Crippen molar-refractivity contribution in [1.29, 1.82) is 0 Å². The molecule has 0 saturated carbocycles. The first kappa shape index (κ1) is 18.0. The maximum Gasteiger partial charge on any atom is 0.276 e. The highest BCUT2D eigenvalue weighted by molar-refractivity contribution is 9.10. The van der Waals surface area contributed by atoms with Gasteiger partial charge in [-0.25, -0.2) is 5.43 Å². The maximum atomic E-state index is 11.9. The van der Waals surface area contributed by atoms with Gasteiger partial charge in [0, 0.05) is 22.2 Å². The van der Waals surface area contributed by atoms with E-state index in [1.165, 1.54) is 18.2 Å². The van der Waals surface area contributed by atoms with Crippen LogP contribution in [0.2, 0.25) is 0 Å². The number of amides is 1. The fourth-order valence-corrected chi connectivity index (χ4v) is 2.18. The Morgan fingerprint density at radius 1 is 1.12 bits per heavy atom. The van der Waals surface area contributed by atoms with E-state index in [1.807, 2.05) is 0 Å². The second kappa shape index (κ2) is 7.49. The third-order valence-electron chi connectivity index (χ3n) is 2.93. The predicted molar refractivity (Wildman–Crippen MR) is 90.6 cm³/mol. The molecule has 0 spiro atoms. The number of hydrogen-bond acceptors (Lipinski definition) is 7. The van der Waals surface area contributed by atoms with Gasteiger partial charge < -0.3 is 5.11 Å². The van der Waals surface area contributed by atoms with Crippen LogP contribution in [-0.4, -0.2) is 27.1 Å². The van der Waals surface area contributed by atoms with E-state index < -0.39 is 27.1 Å². The van der Waals surface area contributed by atoms with Gasteiger partial charge in [0.2, 0.25) is 0 Å². The van der Waals surface area contributed by atoms with Crippen molar-refractivity contribution >= 4 is 39.4 Å². The minimum absolute atomic E-state index is 0.0449. The number of nitrogens with zero attached hydrogens (tertiary/aromatic N) is 3. The zero-order chi connectivity index (χ0) is 18.6. The van der Waals surface area contributed by atoms with Crippen LogP contribution in [0, 0.1) is 20.2 Å². The van der Waals surface area contributed by atoms with Crippen LogP contribution in [0.15, 0.2) is 46.0 Å². The van der Waals surface area contributed by atoms with Gasteiger partial charge in [-0.2, -0.15) is 5.10 Å². The summed E-state index contributed by atoms with van der Waals surface area (Å²) >= 11 is 3.16. The highest BCUT2D eigenvalue weighted by atomic mass is 79.9. The molecule has 11 heteroatoms. The van der Waals surface area contributed by atoms with E-state index in [-0.39, 0.29) is 16.9 Å². The van der Waals surface area contributed by atoms with Crippen LogP contribution in [0.5, 0.6) is 5.75 Å². The lowest BCUT2D eigenvalue weighted by molar-refractivity contribution is -0.394. The summed E-state index contributed by atoms with van der Waals surface area (Å²) in [5.41, 5.74) is 1.17. The number of carbonyl (C=O) groups excluding carboxylic acids is 1. The molecule has 0 fully saturated rings. The molecule has 2 aromatic carbocycles. The third-order valence-corrected chi connectivity index (χ3v) is 3.42. The van der Waals surface area contributed by atoms with E-state index in [2.05, 4.69) is 26.5 Å². The Balaban J connectivity index is 2.21. The van der Waals surface area contributed by atoms with Crippen molar-refractivity contribution in [3.8, 4) is 5.75 Å². The number of benzene rings is 2. The van der Waals surface area contributed by atoms with Gasteiger partial charge in [0.05, 0.1) is 27.7 Å². The second-order valence-electron chi connectivity index (χ2n) is 4.66. The Morgan fingerprint density at radius 2 is 1.72 bits per heavy atom. The van der Waals surface area contributed by atoms with E-state index >= 15 is 0 Å². The van der Waals surface area contributed by atoms with Crippen molar-refractivity contribution in [1.82, 2.24) is 5.43 Å². The number of nitro benzene ring substituents is 2. The van der Waals surface area contributed by atoms with E-state index in [0.717, 1.165) is 24.4 Å². The Morgan fingerprint density at radius 3 is 2.28 bits per heavy atom. The van der Waals surface area contributed by atoms with Crippen LogP contribution in [0.3, 0.4) is 0 Å². The number of nitrogens with one attached hydrogen (secondary N) is 1. The number of phenols is 1. The predicted octanol–water partition coefficient (Wildman–Crippen LogP) is 2.74. The summed E-state index contributed by atoms with van der Waals surface area (Å²) in [6, 6.07) is 7.18. The maximum absolute atomic E-state index is 11.9. The SMILES string of the molecule is O=C(N/N=C\c1cc([N+](=O)[O-])cc([N+](=O)[O-])c1)c1cc(Br)ccc1O.